The lowest BCUT2D eigenvalue weighted by Crippen LogP contribution is -2.71. The summed E-state index contributed by atoms with van der Waals surface area (Å²) in [4.78, 5) is 25.0. The topological polar surface area (TPSA) is 179 Å². The third-order valence-corrected chi connectivity index (χ3v) is 8.11. The molecule has 0 saturated carbocycles. The number of hydrogen-bond acceptors (Lipinski definition) is 10. The molecule has 1 aliphatic heterocycles. The molecule has 11 heteroatoms. The van der Waals surface area contributed by atoms with Crippen molar-refractivity contribution in [1.82, 2.24) is 5.32 Å². The summed E-state index contributed by atoms with van der Waals surface area (Å²) in [6.45, 7) is 2.25. The zero-order valence-electron chi connectivity index (χ0n) is 25.2. The highest BCUT2D eigenvalue weighted by molar-refractivity contribution is 5.82. The van der Waals surface area contributed by atoms with E-state index in [0.717, 1.165) is 18.4 Å². The number of carboxylic acids is 1. The van der Waals surface area contributed by atoms with Crippen LogP contribution in [-0.4, -0.2) is 74.8 Å². The summed E-state index contributed by atoms with van der Waals surface area (Å²) in [6, 6.07) is 20.3. The van der Waals surface area contributed by atoms with E-state index in [9.17, 15) is 35.1 Å². The zero-order chi connectivity index (χ0) is 32.8. The van der Waals surface area contributed by atoms with Gasteiger partial charge in [-0.1, -0.05) is 61.5 Å². The summed E-state index contributed by atoms with van der Waals surface area (Å²) in [5, 5.41) is 55.5. The van der Waals surface area contributed by atoms with Gasteiger partial charge in [0.25, 0.3) is 0 Å². The predicted molar refractivity (Wildman–Crippen MR) is 170 cm³/mol. The maximum absolute atomic E-state index is 13.2. The van der Waals surface area contributed by atoms with Crippen molar-refractivity contribution in [3.8, 4) is 22.6 Å². The van der Waals surface area contributed by atoms with Crippen LogP contribution < -0.4 is 15.5 Å². The Morgan fingerprint density at radius 1 is 1.09 bits per heavy atom. The lowest BCUT2D eigenvalue weighted by atomic mass is 9.86. The number of fused-ring (bicyclic) bond motifs is 1. The number of hydrogen-bond donors (Lipinski definition) is 6. The van der Waals surface area contributed by atoms with Crippen molar-refractivity contribution in [2.45, 2.75) is 50.0 Å². The van der Waals surface area contributed by atoms with Gasteiger partial charge in [-0.2, -0.15) is 0 Å². The van der Waals surface area contributed by atoms with Gasteiger partial charge in [-0.3, -0.25) is 4.79 Å². The Labute approximate surface area is 265 Å². The summed E-state index contributed by atoms with van der Waals surface area (Å²) in [6.07, 6.45) is -0.475. The Kier molecular flexibility index (Phi) is 10.2. The Morgan fingerprint density at radius 2 is 1.83 bits per heavy atom. The van der Waals surface area contributed by atoms with E-state index < -0.39 is 36.2 Å². The fourth-order valence-electron chi connectivity index (χ4n) is 5.36. The van der Waals surface area contributed by atoms with Gasteiger partial charge in [-0.15, -0.1) is 0 Å². The minimum absolute atomic E-state index is 0.0556. The molecule has 46 heavy (non-hydrogen) atoms. The van der Waals surface area contributed by atoms with Crippen LogP contribution in [-0.2, 0) is 9.53 Å². The number of nitrogens with one attached hydrogen (secondary N) is 1. The summed E-state index contributed by atoms with van der Waals surface area (Å²) in [5.74, 6) is -1.13. The van der Waals surface area contributed by atoms with Crippen molar-refractivity contribution in [2.24, 2.45) is 5.92 Å². The Hall–Kier alpha value is -4.52. The number of aliphatic hydroxyl groups is 3. The van der Waals surface area contributed by atoms with Crippen LogP contribution in [0.1, 0.15) is 25.3 Å². The number of phenolic OH excluding ortho intramolecular Hbond substituents is 1. The molecule has 0 amide bonds. The molecule has 0 aliphatic carbocycles. The van der Waals surface area contributed by atoms with Crippen LogP contribution in [0.25, 0.3) is 28.2 Å². The average molecular weight is 632 g/mol. The minimum Gasteiger partial charge on any atom is -0.508 e. The minimum atomic E-state index is -2.25. The molecular weight excluding hydrogens is 594 g/mol. The van der Waals surface area contributed by atoms with E-state index in [0.29, 0.717) is 18.0 Å². The van der Waals surface area contributed by atoms with E-state index in [1.807, 2.05) is 30.3 Å². The second-order valence-corrected chi connectivity index (χ2v) is 11.6. The summed E-state index contributed by atoms with van der Waals surface area (Å²) in [7, 11) is 0. The summed E-state index contributed by atoms with van der Waals surface area (Å²) < 4.78 is 17.1. The molecule has 1 saturated heterocycles. The van der Waals surface area contributed by atoms with Gasteiger partial charge in [0.05, 0.1) is 10.9 Å². The van der Waals surface area contributed by atoms with Gasteiger partial charge in [0.15, 0.2) is 17.1 Å². The molecule has 0 radical (unpaired) electrons. The number of phenols is 1. The summed E-state index contributed by atoms with van der Waals surface area (Å²) in [5.41, 5.74) is -0.499. The Balaban J connectivity index is 1.28. The normalized spacial score (nSPS) is 23.8. The van der Waals surface area contributed by atoms with Crippen molar-refractivity contribution >= 4 is 23.0 Å². The van der Waals surface area contributed by atoms with Gasteiger partial charge in [0, 0.05) is 12.6 Å². The number of benzene rings is 3. The average Bonchev–Trinajstić information content (AvgIpc) is 3.04. The number of aliphatic hydroxyl groups excluding tert-OH is 2. The number of allylic oxidation sites excluding steroid dienone is 1. The number of aromatic hydroxyl groups is 1. The van der Waals surface area contributed by atoms with Gasteiger partial charge in [0.2, 0.25) is 6.29 Å². The quantitative estimate of drug-likeness (QED) is 0.126. The molecule has 0 bridgehead atoms. The zero-order valence-corrected chi connectivity index (χ0v) is 25.2. The fraction of sp³-hybridized carbons (Fsp3) is 0.314. The molecular formula is C35H37NO10. The standard InChI is InChI=1S/C35H37NO10/c1-21(6-5-9-22-7-3-2-4-8-22)16-17-36-20-35(43)32(40)30(39)31(33(41)42)46-34(35)45-25-14-15-26-28(18-25)44-19-27(29(26)38)23-10-12-24(37)13-11-23/h2-5,7-15,18-19,21,30-32,34,36-37,39-40,43H,6,16-17,20H2,1H3,(H,41,42)/b9-5+/t21-,30+,31-,32-,34+,35+/m0/s1. The van der Waals surface area contributed by atoms with Gasteiger partial charge >= 0.3 is 5.97 Å². The smallest absolute Gasteiger partial charge is 0.335 e. The number of ether oxygens (including phenoxy) is 2. The number of rotatable bonds is 12. The van der Waals surface area contributed by atoms with E-state index in [-0.39, 0.29) is 40.0 Å². The van der Waals surface area contributed by atoms with Gasteiger partial charge in [-0.25, -0.2) is 4.79 Å². The van der Waals surface area contributed by atoms with Crippen LogP contribution in [0.2, 0.25) is 0 Å². The van der Waals surface area contributed by atoms with Crippen molar-refractivity contribution in [1.29, 1.82) is 0 Å². The third-order valence-electron chi connectivity index (χ3n) is 8.11. The van der Waals surface area contributed by atoms with E-state index in [2.05, 4.69) is 24.4 Å². The molecule has 6 N–H and O–H groups in total. The van der Waals surface area contributed by atoms with Crippen LogP contribution in [0.15, 0.2) is 94.3 Å². The molecule has 1 aromatic heterocycles. The molecule has 6 atom stereocenters. The Bertz CT molecular complexity index is 1720. The molecule has 11 nitrogen and oxygen atoms in total. The molecule has 2 heterocycles. The van der Waals surface area contributed by atoms with Crippen LogP contribution in [0, 0.1) is 5.92 Å². The van der Waals surface area contributed by atoms with Crippen molar-refractivity contribution in [3.63, 3.8) is 0 Å². The largest absolute Gasteiger partial charge is 0.508 e. The second-order valence-electron chi connectivity index (χ2n) is 11.6. The first-order valence-electron chi connectivity index (χ1n) is 15.0. The first-order chi connectivity index (χ1) is 22.1. The SMILES string of the molecule is C[C@@H](C/C=C/c1ccccc1)CCNC[C@]1(O)[C@H](Oc2ccc3c(=O)c(-c4ccc(O)cc4)coc3c2)O[C@H](C(=O)O)[C@@H](O)[C@@H]1O. The van der Waals surface area contributed by atoms with Crippen LogP contribution in [0.5, 0.6) is 11.5 Å². The van der Waals surface area contributed by atoms with Crippen LogP contribution in [0.3, 0.4) is 0 Å². The van der Waals surface area contributed by atoms with Crippen molar-refractivity contribution < 1.29 is 44.2 Å². The second kappa shape index (κ2) is 14.3. The van der Waals surface area contributed by atoms with Crippen LogP contribution in [0.4, 0.5) is 0 Å². The lowest BCUT2D eigenvalue weighted by molar-refractivity contribution is -0.311. The maximum atomic E-state index is 13.2. The van der Waals surface area contributed by atoms with Crippen molar-refractivity contribution in [3.05, 3.63) is 101 Å². The molecule has 1 fully saturated rings. The van der Waals surface area contributed by atoms with E-state index >= 15 is 0 Å². The summed E-state index contributed by atoms with van der Waals surface area (Å²) >= 11 is 0. The highest BCUT2D eigenvalue weighted by Gasteiger charge is 2.58. The van der Waals surface area contributed by atoms with E-state index in [1.54, 1.807) is 12.1 Å². The van der Waals surface area contributed by atoms with E-state index in [4.69, 9.17) is 13.9 Å². The molecule has 3 aromatic carbocycles. The highest BCUT2D eigenvalue weighted by atomic mass is 16.7. The highest BCUT2D eigenvalue weighted by Crippen LogP contribution is 2.33. The van der Waals surface area contributed by atoms with Gasteiger partial charge in [0.1, 0.15) is 35.6 Å². The van der Waals surface area contributed by atoms with Gasteiger partial charge in [-0.05, 0) is 60.7 Å². The van der Waals surface area contributed by atoms with Gasteiger partial charge < -0.3 is 44.7 Å². The fourth-order valence-corrected chi connectivity index (χ4v) is 5.36. The monoisotopic (exact) mass is 631 g/mol. The predicted octanol–water partition coefficient (Wildman–Crippen LogP) is 3.53. The molecule has 1 aliphatic rings. The van der Waals surface area contributed by atoms with Crippen molar-refractivity contribution in [2.75, 3.05) is 13.1 Å². The molecule has 0 unspecified atom stereocenters. The molecule has 4 aromatic rings. The molecule has 242 valence electrons. The first-order valence-corrected chi connectivity index (χ1v) is 15.0. The molecule has 0 spiro atoms. The Morgan fingerprint density at radius 3 is 2.54 bits per heavy atom. The van der Waals surface area contributed by atoms with E-state index in [1.165, 1.54) is 36.6 Å². The molecule has 5 rings (SSSR count). The number of carbonyl (C=O) groups is 1. The lowest BCUT2D eigenvalue weighted by Gasteiger charge is -2.46. The third kappa shape index (κ3) is 7.30. The van der Waals surface area contributed by atoms with Crippen LogP contribution >= 0.6 is 0 Å². The first kappa shape index (κ1) is 32.9. The number of carboxylic acid groups (broad SMARTS) is 1. The number of aliphatic carboxylic acids is 1. The maximum Gasteiger partial charge on any atom is 0.335 e.